The quantitative estimate of drug-likeness (QED) is 0.381. The van der Waals surface area contributed by atoms with Gasteiger partial charge in [0.15, 0.2) is 11.6 Å². The largest absolute Gasteiger partial charge is 0.388 e. The molecule has 1 saturated heterocycles. The molecular formula is C19H30N3O8P. The number of aliphatic hydroxyl groups excluding tert-OH is 2. The van der Waals surface area contributed by atoms with Gasteiger partial charge in [0.2, 0.25) is 0 Å². The summed E-state index contributed by atoms with van der Waals surface area (Å²) in [7, 11) is -4.43. The molecule has 1 aliphatic rings. The lowest BCUT2D eigenvalue weighted by molar-refractivity contribution is -0.0707. The summed E-state index contributed by atoms with van der Waals surface area (Å²) in [6, 6.07) is 1.78. The number of rotatable bonds is 7. The Morgan fingerprint density at radius 2 is 1.97 bits per heavy atom. The normalized spacial score (nSPS) is 28.5. The van der Waals surface area contributed by atoms with Gasteiger partial charge in [0.1, 0.15) is 17.9 Å². The lowest BCUT2D eigenvalue weighted by Crippen LogP contribution is -2.40. The molecule has 0 bridgehead atoms. The summed E-state index contributed by atoms with van der Waals surface area (Å²) < 4.78 is 24.8. The summed E-state index contributed by atoms with van der Waals surface area (Å²) in [6.45, 7) is 7.43. The van der Waals surface area contributed by atoms with E-state index < -0.39 is 48.8 Å². The minimum Gasteiger partial charge on any atom is -0.388 e. The lowest BCUT2D eigenvalue weighted by atomic mass is 9.93. The maximum absolute atomic E-state index is 12.5. The molecule has 1 fully saturated rings. The molecule has 12 heteroatoms. The summed E-state index contributed by atoms with van der Waals surface area (Å²) in [5.41, 5.74) is -0.708. The molecule has 5 N–H and O–H groups in total. The topological polar surface area (TPSA) is 167 Å². The number of aromatic amines is 1. The molecule has 174 valence electrons. The molecule has 6 atom stereocenters. The molecule has 0 radical (unpaired) electrons. The van der Waals surface area contributed by atoms with Crippen molar-refractivity contribution in [3.05, 3.63) is 28.4 Å². The molecule has 2 unspecified atom stereocenters. The minimum absolute atomic E-state index is 0.0630. The minimum atomic E-state index is -4.43. The zero-order chi connectivity index (χ0) is 23.4. The van der Waals surface area contributed by atoms with Crippen LogP contribution in [0.3, 0.4) is 0 Å². The molecule has 3 rings (SSSR count). The molecule has 0 saturated carbocycles. The smallest absolute Gasteiger partial charge is 0.359 e. The molecule has 11 nitrogen and oxygen atoms in total. The molecule has 0 spiro atoms. The highest BCUT2D eigenvalue weighted by molar-refractivity contribution is 7.54. The van der Waals surface area contributed by atoms with Gasteiger partial charge in [-0.2, -0.15) is 4.98 Å². The van der Waals surface area contributed by atoms with Gasteiger partial charge in [0, 0.05) is 23.7 Å². The highest BCUT2D eigenvalue weighted by atomic mass is 31.2. The van der Waals surface area contributed by atoms with Crippen molar-refractivity contribution < 1.29 is 34.0 Å². The standard InChI is InChI=1S/C19H30N3O8P/c1-6-19(5,30-31(27,28)18(3,4)26)8-12-13(23)14(24)16(29-12)22-9-11-7-10(2)20-15(11)21-17(22)25/h7,9,12-14,16,23-24,26H,6,8H2,1-5H3,(H,27,28)(H,20,21,25)/t12-,13-,14-,16-,19?/m1/s1. The number of aromatic nitrogens is 3. The van der Waals surface area contributed by atoms with Crippen molar-refractivity contribution in [2.45, 2.75) is 82.9 Å². The number of H-pyrrole nitrogens is 1. The fourth-order valence-electron chi connectivity index (χ4n) is 3.54. The van der Waals surface area contributed by atoms with Crippen LogP contribution in [0, 0.1) is 6.92 Å². The second-order valence-electron chi connectivity index (χ2n) is 8.85. The first kappa shape index (κ1) is 24.1. The second kappa shape index (κ2) is 8.08. The van der Waals surface area contributed by atoms with Crippen LogP contribution in [0.5, 0.6) is 0 Å². The van der Waals surface area contributed by atoms with Gasteiger partial charge >= 0.3 is 13.3 Å². The van der Waals surface area contributed by atoms with Gasteiger partial charge in [-0.05, 0) is 40.2 Å². The van der Waals surface area contributed by atoms with E-state index in [0.29, 0.717) is 11.0 Å². The lowest BCUT2D eigenvalue weighted by Gasteiger charge is -2.36. The van der Waals surface area contributed by atoms with E-state index in [-0.39, 0.29) is 12.8 Å². The Morgan fingerprint density at radius 1 is 1.32 bits per heavy atom. The Kier molecular flexibility index (Phi) is 6.27. The molecule has 0 aromatic carbocycles. The van der Waals surface area contributed by atoms with Crippen LogP contribution in [0.25, 0.3) is 11.0 Å². The van der Waals surface area contributed by atoms with Crippen molar-refractivity contribution in [3.63, 3.8) is 0 Å². The van der Waals surface area contributed by atoms with Crippen molar-refractivity contribution in [1.29, 1.82) is 0 Å². The third-order valence-electron chi connectivity index (χ3n) is 5.70. The van der Waals surface area contributed by atoms with Crippen LogP contribution in [0.2, 0.25) is 0 Å². The van der Waals surface area contributed by atoms with E-state index in [2.05, 4.69) is 9.97 Å². The van der Waals surface area contributed by atoms with Crippen molar-refractivity contribution in [1.82, 2.24) is 14.5 Å². The monoisotopic (exact) mass is 459 g/mol. The Balaban J connectivity index is 1.85. The van der Waals surface area contributed by atoms with Gasteiger partial charge in [0.25, 0.3) is 0 Å². The van der Waals surface area contributed by atoms with Crippen LogP contribution < -0.4 is 5.69 Å². The van der Waals surface area contributed by atoms with Gasteiger partial charge in [-0.1, -0.05) is 6.92 Å². The SMILES string of the molecule is CCC(C)(C[C@H]1O[C@@H](n2cc3cc(C)[nH]c3nc2=O)[C@H](O)[C@@H]1O)OP(=O)(O)C(C)(C)O. The maximum atomic E-state index is 12.5. The molecule has 1 aliphatic heterocycles. The number of ether oxygens (including phenoxy) is 1. The molecule has 2 aromatic heterocycles. The van der Waals surface area contributed by atoms with E-state index in [9.17, 15) is 29.6 Å². The van der Waals surface area contributed by atoms with E-state index >= 15 is 0 Å². The van der Waals surface area contributed by atoms with Crippen LogP contribution in [0.15, 0.2) is 17.1 Å². The third-order valence-corrected chi connectivity index (χ3v) is 7.77. The highest BCUT2D eigenvalue weighted by Gasteiger charge is 2.50. The molecule has 0 aliphatic carbocycles. The molecule has 31 heavy (non-hydrogen) atoms. The van der Waals surface area contributed by atoms with Gasteiger partial charge < -0.3 is 34.5 Å². The third kappa shape index (κ3) is 4.63. The first-order valence-corrected chi connectivity index (χ1v) is 11.6. The van der Waals surface area contributed by atoms with Crippen molar-refractivity contribution >= 4 is 18.6 Å². The summed E-state index contributed by atoms with van der Waals surface area (Å²) >= 11 is 0. The summed E-state index contributed by atoms with van der Waals surface area (Å²) in [6.07, 6.45) is -3.32. The van der Waals surface area contributed by atoms with E-state index in [4.69, 9.17) is 9.26 Å². The first-order valence-electron chi connectivity index (χ1n) is 10.0. The van der Waals surface area contributed by atoms with E-state index in [1.54, 1.807) is 19.9 Å². The van der Waals surface area contributed by atoms with Crippen molar-refractivity contribution in [3.8, 4) is 0 Å². The van der Waals surface area contributed by atoms with Crippen LogP contribution in [-0.2, 0) is 13.8 Å². The van der Waals surface area contributed by atoms with Gasteiger partial charge in [-0.3, -0.25) is 9.13 Å². The molecular weight excluding hydrogens is 429 g/mol. The average molecular weight is 459 g/mol. The molecule has 0 amide bonds. The van der Waals surface area contributed by atoms with Crippen LogP contribution in [0.1, 0.15) is 52.5 Å². The van der Waals surface area contributed by atoms with Crippen molar-refractivity contribution in [2.75, 3.05) is 0 Å². The Hall–Kier alpha value is -1.59. The average Bonchev–Trinajstić information content (AvgIpc) is 3.12. The highest BCUT2D eigenvalue weighted by Crippen LogP contribution is 2.57. The van der Waals surface area contributed by atoms with Gasteiger partial charge in [-0.25, -0.2) is 4.79 Å². The summed E-state index contributed by atoms with van der Waals surface area (Å²) in [5.74, 6) is 0. The Bertz CT molecular complexity index is 1060. The number of fused-ring (bicyclic) bond motifs is 1. The van der Waals surface area contributed by atoms with E-state index in [1.807, 2.05) is 6.92 Å². The van der Waals surface area contributed by atoms with E-state index in [0.717, 1.165) is 10.3 Å². The Morgan fingerprint density at radius 3 is 2.55 bits per heavy atom. The van der Waals surface area contributed by atoms with Crippen LogP contribution >= 0.6 is 7.60 Å². The summed E-state index contributed by atoms with van der Waals surface area (Å²) in [5, 5.41) is 29.7. The number of hydrogen-bond acceptors (Lipinski definition) is 8. The fraction of sp³-hybridized carbons (Fsp3) is 0.684. The van der Waals surface area contributed by atoms with Gasteiger partial charge in [-0.15, -0.1) is 0 Å². The number of nitrogens with zero attached hydrogens (tertiary/aromatic N) is 2. The summed E-state index contributed by atoms with van der Waals surface area (Å²) in [4.78, 5) is 29.5. The number of aryl methyl sites for hydroxylation is 1. The maximum Gasteiger partial charge on any atom is 0.359 e. The van der Waals surface area contributed by atoms with Gasteiger partial charge in [0.05, 0.1) is 11.7 Å². The number of aliphatic hydroxyl groups is 3. The zero-order valence-electron chi connectivity index (χ0n) is 18.1. The predicted molar refractivity (Wildman–Crippen MR) is 112 cm³/mol. The number of nitrogens with one attached hydrogen (secondary N) is 1. The molecule has 2 aromatic rings. The predicted octanol–water partition coefficient (Wildman–Crippen LogP) is 1.14. The first-order chi connectivity index (χ1) is 14.2. The van der Waals surface area contributed by atoms with E-state index in [1.165, 1.54) is 20.0 Å². The zero-order valence-corrected chi connectivity index (χ0v) is 19.0. The van der Waals surface area contributed by atoms with Crippen molar-refractivity contribution in [2.24, 2.45) is 0 Å². The Labute approximate surface area is 179 Å². The fourth-order valence-corrected chi connectivity index (χ4v) is 4.56. The second-order valence-corrected chi connectivity index (χ2v) is 11.2. The number of hydrogen-bond donors (Lipinski definition) is 5. The van der Waals surface area contributed by atoms with Crippen LogP contribution in [-0.4, -0.2) is 64.0 Å². The molecule has 3 heterocycles. The van der Waals surface area contributed by atoms with Crippen LogP contribution in [0.4, 0.5) is 0 Å².